The largest absolute Gasteiger partial charge is 0.506 e. The topological polar surface area (TPSA) is 75.1 Å². The van der Waals surface area contributed by atoms with Crippen molar-refractivity contribution in [1.29, 1.82) is 0 Å². The molecule has 0 radical (unpaired) electrons. The van der Waals surface area contributed by atoms with Crippen LogP contribution >= 0.6 is 11.6 Å². The molecular formula is C11H8ClN3O2. The Morgan fingerprint density at radius 1 is 1.35 bits per heavy atom. The molecule has 6 heteroatoms. The number of aromatic hydroxyl groups is 1. The highest BCUT2D eigenvalue weighted by molar-refractivity contribution is 6.32. The number of nitrogens with one attached hydrogen (secondary N) is 1. The van der Waals surface area contributed by atoms with Gasteiger partial charge in [-0.05, 0) is 18.2 Å². The molecule has 86 valence electrons. The molecule has 1 aromatic heterocycles. The summed E-state index contributed by atoms with van der Waals surface area (Å²) in [5, 5.41) is 11.9. The lowest BCUT2D eigenvalue weighted by Crippen LogP contribution is -2.12. The summed E-state index contributed by atoms with van der Waals surface area (Å²) < 4.78 is 0. The van der Waals surface area contributed by atoms with Gasteiger partial charge >= 0.3 is 0 Å². The van der Waals surface area contributed by atoms with Crippen LogP contribution in [0.3, 0.4) is 0 Å². The third-order valence-electron chi connectivity index (χ3n) is 2.01. The minimum atomic E-state index is -0.368. The van der Waals surface area contributed by atoms with E-state index in [4.69, 9.17) is 11.6 Å². The Balaban J connectivity index is 2.18. The summed E-state index contributed by atoms with van der Waals surface area (Å²) in [5.41, 5.74) is 0.332. The van der Waals surface area contributed by atoms with E-state index in [-0.39, 0.29) is 16.7 Å². The fraction of sp³-hybridized carbons (Fsp3) is 0. The number of benzene rings is 1. The first-order valence-corrected chi connectivity index (χ1v) is 5.10. The van der Waals surface area contributed by atoms with Gasteiger partial charge in [0.25, 0.3) is 5.91 Å². The lowest BCUT2D eigenvalue weighted by molar-refractivity contribution is 0.102. The Morgan fingerprint density at radius 3 is 2.82 bits per heavy atom. The molecule has 0 aliphatic carbocycles. The van der Waals surface area contributed by atoms with E-state index in [0.29, 0.717) is 11.4 Å². The van der Waals surface area contributed by atoms with E-state index in [9.17, 15) is 9.90 Å². The highest BCUT2D eigenvalue weighted by Crippen LogP contribution is 2.23. The number of carbonyl (C=O) groups excluding carboxylic acids is 1. The van der Waals surface area contributed by atoms with E-state index in [2.05, 4.69) is 15.3 Å². The van der Waals surface area contributed by atoms with Crippen molar-refractivity contribution in [2.24, 2.45) is 0 Å². The van der Waals surface area contributed by atoms with Crippen molar-refractivity contribution in [2.75, 3.05) is 5.32 Å². The molecule has 0 fully saturated rings. The molecule has 17 heavy (non-hydrogen) atoms. The highest BCUT2D eigenvalue weighted by atomic mass is 35.5. The molecule has 0 saturated carbocycles. The summed E-state index contributed by atoms with van der Waals surface area (Å²) >= 11 is 5.70. The van der Waals surface area contributed by atoms with Crippen LogP contribution in [-0.2, 0) is 0 Å². The van der Waals surface area contributed by atoms with Gasteiger partial charge < -0.3 is 10.4 Å². The number of rotatable bonds is 2. The summed E-state index contributed by atoms with van der Waals surface area (Å²) in [7, 11) is 0. The van der Waals surface area contributed by atoms with Crippen molar-refractivity contribution >= 4 is 23.3 Å². The Labute approximate surface area is 102 Å². The van der Waals surface area contributed by atoms with Gasteiger partial charge in [-0.1, -0.05) is 11.6 Å². The van der Waals surface area contributed by atoms with Crippen LogP contribution < -0.4 is 5.32 Å². The lowest BCUT2D eigenvalue weighted by Gasteiger charge is -2.04. The van der Waals surface area contributed by atoms with Gasteiger partial charge in [-0.15, -0.1) is 0 Å². The lowest BCUT2D eigenvalue weighted by atomic mass is 10.2. The molecule has 0 unspecified atom stereocenters. The summed E-state index contributed by atoms with van der Waals surface area (Å²) in [6.45, 7) is 0. The average molecular weight is 250 g/mol. The van der Waals surface area contributed by atoms with E-state index in [1.807, 2.05) is 0 Å². The smallest absolute Gasteiger partial charge is 0.256 e. The van der Waals surface area contributed by atoms with Crippen LogP contribution in [0, 0.1) is 0 Å². The SMILES string of the molecule is O=C(Nc1cnccn1)c1ccc(O)c(Cl)c1. The monoisotopic (exact) mass is 249 g/mol. The molecule has 0 saturated heterocycles. The van der Waals surface area contributed by atoms with Gasteiger partial charge in [0.05, 0.1) is 11.2 Å². The highest BCUT2D eigenvalue weighted by Gasteiger charge is 2.09. The molecule has 0 atom stereocenters. The van der Waals surface area contributed by atoms with Crippen molar-refractivity contribution in [1.82, 2.24) is 9.97 Å². The molecule has 2 N–H and O–H groups in total. The normalized spacial score (nSPS) is 9.94. The number of nitrogens with zero attached hydrogens (tertiary/aromatic N) is 2. The first kappa shape index (κ1) is 11.3. The molecule has 2 aromatic rings. The van der Waals surface area contributed by atoms with Gasteiger partial charge in [0.1, 0.15) is 5.75 Å². The van der Waals surface area contributed by atoms with Gasteiger partial charge in [0.2, 0.25) is 0 Å². The van der Waals surface area contributed by atoms with E-state index < -0.39 is 0 Å². The summed E-state index contributed by atoms with van der Waals surface area (Å²) in [6.07, 6.45) is 4.41. The second kappa shape index (κ2) is 4.80. The maximum Gasteiger partial charge on any atom is 0.256 e. The Hall–Kier alpha value is -2.14. The fourth-order valence-electron chi connectivity index (χ4n) is 1.20. The molecule has 0 spiro atoms. The third-order valence-corrected chi connectivity index (χ3v) is 2.32. The molecular weight excluding hydrogens is 242 g/mol. The predicted octanol–water partition coefficient (Wildman–Crippen LogP) is 2.09. The second-order valence-corrected chi connectivity index (χ2v) is 3.62. The number of anilines is 1. The standard InChI is InChI=1S/C11H8ClN3O2/c12-8-5-7(1-2-9(8)16)11(17)15-10-6-13-3-4-14-10/h1-6,16H,(H,14,15,17). The second-order valence-electron chi connectivity index (χ2n) is 3.21. The van der Waals surface area contributed by atoms with Crippen molar-refractivity contribution in [2.45, 2.75) is 0 Å². The zero-order valence-corrected chi connectivity index (χ0v) is 9.35. The van der Waals surface area contributed by atoms with Gasteiger partial charge in [-0.3, -0.25) is 9.78 Å². The van der Waals surface area contributed by atoms with E-state index >= 15 is 0 Å². The van der Waals surface area contributed by atoms with Crippen LogP contribution in [0.5, 0.6) is 5.75 Å². The zero-order chi connectivity index (χ0) is 12.3. The number of carbonyl (C=O) groups is 1. The minimum Gasteiger partial charge on any atom is -0.506 e. The molecule has 0 bridgehead atoms. The van der Waals surface area contributed by atoms with Gasteiger partial charge in [-0.2, -0.15) is 0 Å². The van der Waals surface area contributed by atoms with E-state index in [1.165, 1.54) is 36.8 Å². The van der Waals surface area contributed by atoms with Crippen molar-refractivity contribution in [3.63, 3.8) is 0 Å². The minimum absolute atomic E-state index is 0.0669. The van der Waals surface area contributed by atoms with E-state index in [1.54, 1.807) is 0 Å². The zero-order valence-electron chi connectivity index (χ0n) is 8.59. The Kier molecular flexibility index (Phi) is 3.20. The molecule has 1 aromatic carbocycles. The number of phenols is 1. The van der Waals surface area contributed by atoms with Crippen LogP contribution in [0.15, 0.2) is 36.8 Å². The maximum absolute atomic E-state index is 11.8. The summed E-state index contributed by atoms with van der Waals surface area (Å²) in [4.78, 5) is 19.5. The maximum atomic E-state index is 11.8. The fourth-order valence-corrected chi connectivity index (χ4v) is 1.38. The van der Waals surface area contributed by atoms with Crippen LogP contribution in [0.25, 0.3) is 0 Å². The van der Waals surface area contributed by atoms with Gasteiger partial charge in [0.15, 0.2) is 5.82 Å². The first-order chi connectivity index (χ1) is 8.16. The molecule has 5 nitrogen and oxygen atoms in total. The van der Waals surface area contributed by atoms with Crippen LogP contribution in [0.4, 0.5) is 5.82 Å². The third kappa shape index (κ3) is 2.70. The number of halogens is 1. The molecule has 0 aliphatic heterocycles. The quantitative estimate of drug-likeness (QED) is 0.855. The van der Waals surface area contributed by atoms with Gasteiger partial charge in [0, 0.05) is 18.0 Å². The van der Waals surface area contributed by atoms with Gasteiger partial charge in [-0.25, -0.2) is 4.98 Å². The van der Waals surface area contributed by atoms with E-state index in [0.717, 1.165) is 0 Å². The average Bonchev–Trinajstić information content (AvgIpc) is 2.34. The summed E-state index contributed by atoms with van der Waals surface area (Å²) in [6, 6.07) is 4.20. The van der Waals surface area contributed by atoms with Crippen LogP contribution in [-0.4, -0.2) is 21.0 Å². The van der Waals surface area contributed by atoms with Crippen molar-refractivity contribution < 1.29 is 9.90 Å². The first-order valence-electron chi connectivity index (χ1n) is 4.72. The summed E-state index contributed by atoms with van der Waals surface area (Å²) in [5.74, 6) is -0.0863. The predicted molar refractivity (Wildman–Crippen MR) is 63.1 cm³/mol. The molecule has 1 heterocycles. The van der Waals surface area contributed by atoms with Crippen molar-refractivity contribution in [3.05, 3.63) is 47.4 Å². The molecule has 2 rings (SSSR count). The number of aromatic nitrogens is 2. The Morgan fingerprint density at radius 2 is 2.18 bits per heavy atom. The number of hydrogen-bond acceptors (Lipinski definition) is 4. The van der Waals surface area contributed by atoms with Crippen LogP contribution in [0.2, 0.25) is 5.02 Å². The molecule has 0 aliphatic rings. The number of amides is 1. The number of phenolic OH excluding ortho intramolecular Hbond substituents is 1. The van der Waals surface area contributed by atoms with Crippen molar-refractivity contribution in [3.8, 4) is 5.75 Å². The number of hydrogen-bond donors (Lipinski definition) is 2. The molecule has 1 amide bonds. The Bertz CT molecular complexity index is 546. The van der Waals surface area contributed by atoms with Crippen LogP contribution in [0.1, 0.15) is 10.4 Å².